The number of rotatable bonds is 0. The number of alkyl halides is 1. The Balaban J connectivity index is 2.68. The fourth-order valence-electron chi connectivity index (χ4n) is 2.21. The van der Waals surface area contributed by atoms with E-state index in [4.69, 9.17) is 0 Å². The molecule has 0 heterocycles. The maximum atomic E-state index is 12.2. The fourth-order valence-corrected chi connectivity index (χ4v) is 2.77. The van der Waals surface area contributed by atoms with Gasteiger partial charge in [-0.3, -0.25) is 4.79 Å². The van der Waals surface area contributed by atoms with Crippen LogP contribution >= 0.6 is 15.9 Å². The molecule has 0 aromatic heterocycles. The highest BCUT2D eigenvalue weighted by Gasteiger charge is 2.39. The summed E-state index contributed by atoms with van der Waals surface area (Å²) in [5, 5.41) is 0. The molecule has 84 valence electrons. The van der Waals surface area contributed by atoms with Crippen LogP contribution in [0.25, 0.3) is 6.08 Å². The van der Waals surface area contributed by atoms with Crippen LogP contribution in [-0.2, 0) is 4.79 Å². The summed E-state index contributed by atoms with van der Waals surface area (Å²) >= 11 is 3.59. The first-order valence-electron chi connectivity index (χ1n) is 5.45. The third-order valence-corrected chi connectivity index (χ3v) is 4.50. The lowest BCUT2D eigenvalue weighted by atomic mass is 9.85. The lowest BCUT2D eigenvalue weighted by molar-refractivity contribution is -0.117. The smallest absolute Gasteiger partial charge is 0.175 e. The molecule has 0 N–H and O–H groups in total. The number of carbonyl (C=O) groups is 1. The van der Waals surface area contributed by atoms with Gasteiger partial charge in [-0.15, -0.1) is 0 Å². The predicted octanol–water partition coefficient (Wildman–Crippen LogP) is 3.93. The molecule has 0 unspecified atom stereocenters. The van der Waals surface area contributed by atoms with Crippen LogP contribution in [0.1, 0.15) is 37.8 Å². The van der Waals surface area contributed by atoms with E-state index in [1.165, 1.54) is 5.56 Å². The monoisotopic (exact) mass is 278 g/mol. The van der Waals surface area contributed by atoms with Gasteiger partial charge in [0, 0.05) is 5.92 Å². The molecule has 0 aliphatic heterocycles. The Morgan fingerprint density at radius 2 is 1.94 bits per heavy atom. The van der Waals surface area contributed by atoms with Crippen molar-refractivity contribution in [2.45, 2.75) is 31.0 Å². The van der Waals surface area contributed by atoms with Gasteiger partial charge < -0.3 is 0 Å². The number of fused-ring (bicyclic) bond motifs is 1. The Hall–Kier alpha value is -0.890. The number of hydrogen-bond donors (Lipinski definition) is 0. The minimum absolute atomic E-state index is 0.171. The highest BCUT2D eigenvalue weighted by molar-refractivity contribution is 9.10. The number of benzene rings is 1. The highest BCUT2D eigenvalue weighted by Crippen LogP contribution is 2.41. The normalized spacial score (nSPS) is 29.4. The summed E-state index contributed by atoms with van der Waals surface area (Å²) in [5.41, 5.74) is 3.20. The summed E-state index contributed by atoms with van der Waals surface area (Å²) in [4.78, 5) is 12.2. The van der Waals surface area contributed by atoms with Gasteiger partial charge in [-0.05, 0) is 36.6 Å². The molecule has 0 amide bonds. The van der Waals surface area contributed by atoms with Crippen LogP contribution in [0.4, 0.5) is 0 Å². The van der Waals surface area contributed by atoms with Crippen molar-refractivity contribution in [1.82, 2.24) is 0 Å². The molecule has 2 rings (SSSR count). The highest BCUT2D eigenvalue weighted by atomic mass is 79.9. The summed E-state index contributed by atoms with van der Waals surface area (Å²) < 4.78 is -0.500. The molecule has 1 aliphatic carbocycles. The molecule has 0 radical (unpaired) electrons. The molecule has 0 fully saturated rings. The minimum Gasteiger partial charge on any atom is -0.293 e. The fraction of sp³-hybridized carbons (Fsp3) is 0.357. The van der Waals surface area contributed by atoms with E-state index in [0.717, 1.165) is 11.1 Å². The van der Waals surface area contributed by atoms with Gasteiger partial charge in [-0.25, -0.2) is 0 Å². The van der Waals surface area contributed by atoms with E-state index in [9.17, 15) is 4.79 Å². The van der Waals surface area contributed by atoms with Gasteiger partial charge in [0.25, 0.3) is 0 Å². The summed E-state index contributed by atoms with van der Waals surface area (Å²) in [6.07, 6.45) is 1.99. The Labute approximate surface area is 105 Å². The van der Waals surface area contributed by atoms with Gasteiger partial charge in [-0.1, -0.05) is 47.1 Å². The Morgan fingerprint density at radius 1 is 1.31 bits per heavy atom. The van der Waals surface area contributed by atoms with Crippen molar-refractivity contribution in [3.05, 3.63) is 41.0 Å². The molecule has 2 heteroatoms. The van der Waals surface area contributed by atoms with Crippen LogP contribution in [0, 0.1) is 0 Å². The molecular formula is C14H15BrO. The largest absolute Gasteiger partial charge is 0.293 e. The molecule has 2 atom stereocenters. The molecule has 1 aromatic carbocycles. The van der Waals surface area contributed by atoms with Crippen molar-refractivity contribution in [3.63, 3.8) is 0 Å². The predicted molar refractivity (Wildman–Crippen MR) is 70.8 cm³/mol. The van der Waals surface area contributed by atoms with Gasteiger partial charge >= 0.3 is 0 Å². The summed E-state index contributed by atoms with van der Waals surface area (Å²) in [7, 11) is 0. The van der Waals surface area contributed by atoms with Crippen LogP contribution in [0.5, 0.6) is 0 Å². The number of ketones is 1. The zero-order valence-electron chi connectivity index (χ0n) is 9.75. The Kier molecular flexibility index (Phi) is 2.79. The molecule has 0 saturated carbocycles. The van der Waals surface area contributed by atoms with E-state index in [2.05, 4.69) is 35.0 Å². The van der Waals surface area contributed by atoms with Crippen molar-refractivity contribution < 1.29 is 4.79 Å². The first-order valence-corrected chi connectivity index (χ1v) is 6.25. The zero-order chi connectivity index (χ0) is 11.9. The van der Waals surface area contributed by atoms with Crippen molar-refractivity contribution >= 4 is 27.8 Å². The number of hydrogen-bond acceptors (Lipinski definition) is 1. The van der Waals surface area contributed by atoms with Crippen LogP contribution in [-0.4, -0.2) is 10.1 Å². The van der Waals surface area contributed by atoms with E-state index in [1.807, 2.05) is 32.1 Å². The molecule has 1 aromatic rings. The Bertz CT molecular complexity index is 471. The average Bonchev–Trinajstić information content (AvgIpc) is 2.32. The second kappa shape index (κ2) is 3.85. The second-order valence-corrected chi connectivity index (χ2v) is 6.23. The van der Waals surface area contributed by atoms with Gasteiger partial charge in [0.1, 0.15) is 0 Å². The van der Waals surface area contributed by atoms with E-state index in [0.29, 0.717) is 0 Å². The number of halogens is 1. The van der Waals surface area contributed by atoms with Crippen molar-refractivity contribution in [3.8, 4) is 0 Å². The Morgan fingerprint density at radius 3 is 2.62 bits per heavy atom. The number of Topliss-reactive ketones (excluding diaryl/α,β-unsaturated/α-hetero) is 1. The van der Waals surface area contributed by atoms with Gasteiger partial charge in [0.05, 0.1) is 4.32 Å². The lowest BCUT2D eigenvalue weighted by Crippen LogP contribution is -2.33. The van der Waals surface area contributed by atoms with E-state index in [1.54, 1.807) is 0 Å². The maximum Gasteiger partial charge on any atom is 0.175 e. The van der Waals surface area contributed by atoms with Crippen molar-refractivity contribution in [1.29, 1.82) is 0 Å². The SMILES string of the molecule is CC1=Cc2ccccc2[C@H](C)[C@](C)(Br)C1=O. The van der Waals surface area contributed by atoms with Crippen LogP contribution in [0.15, 0.2) is 29.8 Å². The summed E-state index contributed by atoms with van der Waals surface area (Å²) in [5.74, 6) is 0.348. The molecule has 0 saturated heterocycles. The molecule has 1 aliphatic rings. The van der Waals surface area contributed by atoms with Crippen LogP contribution in [0.3, 0.4) is 0 Å². The first kappa shape index (κ1) is 11.6. The summed E-state index contributed by atoms with van der Waals surface area (Å²) in [6.45, 7) is 5.94. The standard InChI is InChI=1S/C14H15BrO/c1-9-8-11-6-4-5-7-12(11)10(2)14(3,15)13(9)16/h4-8,10H,1-3H3/t10-,14-/m0/s1. The molecule has 0 bridgehead atoms. The van der Waals surface area contributed by atoms with Crippen LogP contribution < -0.4 is 0 Å². The van der Waals surface area contributed by atoms with E-state index in [-0.39, 0.29) is 11.7 Å². The molecular weight excluding hydrogens is 264 g/mol. The third-order valence-electron chi connectivity index (χ3n) is 3.45. The maximum absolute atomic E-state index is 12.2. The summed E-state index contributed by atoms with van der Waals surface area (Å²) in [6, 6.07) is 8.20. The van der Waals surface area contributed by atoms with Crippen LogP contribution in [0.2, 0.25) is 0 Å². The second-order valence-electron chi connectivity index (χ2n) is 4.58. The topological polar surface area (TPSA) is 17.1 Å². The number of allylic oxidation sites excluding steroid dienone is 1. The van der Waals surface area contributed by atoms with Crippen molar-refractivity contribution in [2.75, 3.05) is 0 Å². The zero-order valence-corrected chi connectivity index (χ0v) is 11.3. The van der Waals surface area contributed by atoms with Gasteiger partial charge in [0.2, 0.25) is 0 Å². The number of carbonyl (C=O) groups excluding carboxylic acids is 1. The minimum atomic E-state index is -0.500. The van der Waals surface area contributed by atoms with E-state index >= 15 is 0 Å². The van der Waals surface area contributed by atoms with Crippen molar-refractivity contribution in [2.24, 2.45) is 0 Å². The molecule has 16 heavy (non-hydrogen) atoms. The average molecular weight is 279 g/mol. The lowest BCUT2D eigenvalue weighted by Gasteiger charge is -2.27. The van der Waals surface area contributed by atoms with Gasteiger partial charge in [0.15, 0.2) is 5.78 Å². The third kappa shape index (κ3) is 1.65. The molecule has 0 spiro atoms. The molecule has 1 nitrogen and oxygen atoms in total. The van der Waals surface area contributed by atoms with Gasteiger partial charge in [-0.2, -0.15) is 0 Å². The first-order chi connectivity index (χ1) is 7.44. The quantitative estimate of drug-likeness (QED) is 0.658. The van der Waals surface area contributed by atoms with E-state index < -0.39 is 4.32 Å².